The molecule has 0 atom stereocenters. The fraction of sp³-hybridized carbons (Fsp3) is 0.0476. The zero-order chi connectivity index (χ0) is 21.0. The molecule has 148 valence electrons. The van der Waals surface area contributed by atoms with Gasteiger partial charge in [0.05, 0.1) is 21.2 Å². The molecule has 0 fully saturated rings. The molecule has 4 nitrogen and oxygen atoms in total. The average molecular weight is 435 g/mol. The third kappa shape index (κ3) is 4.91. The van der Waals surface area contributed by atoms with E-state index in [0.29, 0.717) is 5.56 Å². The van der Waals surface area contributed by atoms with Gasteiger partial charge in [-0.1, -0.05) is 53.5 Å². The highest BCUT2D eigenvalue weighted by Crippen LogP contribution is 2.25. The minimum Gasteiger partial charge on any atom is -0.328 e. The van der Waals surface area contributed by atoms with Crippen LogP contribution in [0.5, 0.6) is 0 Å². The standard InChI is InChI=1S/C21H14Cl2F2N2O2/c22-15-10-9-12(11-16(15)23)19(26-20(28)13-5-1-3-7-17(13)24)27-21(29)14-6-2-4-8-18(14)25/h1-11,19H,(H,26,28)(H,27,29). The second-order valence-corrected chi connectivity index (χ2v) is 6.83. The van der Waals surface area contributed by atoms with Crippen LogP contribution in [0.15, 0.2) is 66.7 Å². The van der Waals surface area contributed by atoms with Crippen LogP contribution in [-0.4, -0.2) is 11.8 Å². The molecule has 0 heterocycles. The van der Waals surface area contributed by atoms with Crippen molar-refractivity contribution in [2.75, 3.05) is 0 Å². The highest BCUT2D eigenvalue weighted by Gasteiger charge is 2.22. The van der Waals surface area contributed by atoms with Crippen molar-refractivity contribution in [2.45, 2.75) is 6.17 Å². The molecule has 0 aromatic heterocycles. The van der Waals surface area contributed by atoms with Crippen molar-refractivity contribution < 1.29 is 18.4 Å². The summed E-state index contributed by atoms with van der Waals surface area (Å²) in [5.41, 5.74) is -0.0517. The lowest BCUT2D eigenvalue weighted by Gasteiger charge is -2.21. The summed E-state index contributed by atoms with van der Waals surface area (Å²) in [4.78, 5) is 25.1. The van der Waals surface area contributed by atoms with Gasteiger partial charge >= 0.3 is 0 Å². The molecule has 0 aliphatic rings. The van der Waals surface area contributed by atoms with Gasteiger partial charge in [0.1, 0.15) is 17.8 Å². The molecule has 0 radical (unpaired) electrons. The number of halogens is 4. The van der Waals surface area contributed by atoms with Gasteiger partial charge in [-0.2, -0.15) is 0 Å². The topological polar surface area (TPSA) is 58.2 Å². The zero-order valence-corrected chi connectivity index (χ0v) is 16.3. The van der Waals surface area contributed by atoms with Crippen molar-refractivity contribution in [2.24, 2.45) is 0 Å². The molecule has 3 aromatic carbocycles. The lowest BCUT2D eigenvalue weighted by Crippen LogP contribution is -2.41. The Hall–Kier alpha value is -2.96. The summed E-state index contributed by atoms with van der Waals surface area (Å²) in [5.74, 6) is -2.99. The number of hydrogen-bond acceptors (Lipinski definition) is 2. The molecule has 3 aromatic rings. The summed E-state index contributed by atoms with van der Waals surface area (Å²) in [6, 6.07) is 15.2. The number of hydrogen-bond donors (Lipinski definition) is 2. The highest BCUT2D eigenvalue weighted by molar-refractivity contribution is 6.42. The summed E-state index contributed by atoms with van der Waals surface area (Å²) < 4.78 is 27.9. The van der Waals surface area contributed by atoms with Gasteiger partial charge in [0, 0.05) is 0 Å². The van der Waals surface area contributed by atoms with E-state index in [1.165, 1.54) is 54.6 Å². The molecule has 0 aliphatic carbocycles. The maximum absolute atomic E-state index is 14.0. The second kappa shape index (κ2) is 9.03. The van der Waals surface area contributed by atoms with Gasteiger partial charge in [-0.15, -0.1) is 0 Å². The third-order valence-electron chi connectivity index (χ3n) is 4.06. The minimum absolute atomic E-state index is 0.189. The van der Waals surface area contributed by atoms with Gasteiger partial charge in [0.15, 0.2) is 0 Å². The summed E-state index contributed by atoms with van der Waals surface area (Å²) >= 11 is 12.0. The monoisotopic (exact) mass is 434 g/mol. The van der Waals surface area contributed by atoms with Gasteiger partial charge in [0.25, 0.3) is 11.8 Å². The highest BCUT2D eigenvalue weighted by atomic mass is 35.5. The average Bonchev–Trinajstić information content (AvgIpc) is 2.70. The Morgan fingerprint density at radius 2 is 1.21 bits per heavy atom. The van der Waals surface area contributed by atoms with Crippen LogP contribution in [0.2, 0.25) is 10.0 Å². The molecule has 3 rings (SSSR count). The molecular formula is C21H14Cl2F2N2O2. The number of amides is 2. The predicted octanol–water partition coefficient (Wildman–Crippen LogP) is 5.13. The fourth-order valence-electron chi connectivity index (χ4n) is 2.60. The van der Waals surface area contributed by atoms with Crippen LogP contribution in [0.1, 0.15) is 32.4 Å². The Bertz CT molecular complexity index is 1020. The maximum atomic E-state index is 14.0. The van der Waals surface area contributed by atoms with E-state index in [1.807, 2.05) is 0 Å². The minimum atomic E-state index is -1.12. The number of carbonyl (C=O) groups excluding carboxylic acids is 2. The Kier molecular flexibility index (Phi) is 6.46. The fourth-order valence-corrected chi connectivity index (χ4v) is 2.91. The first-order chi connectivity index (χ1) is 13.9. The Balaban J connectivity index is 1.92. The van der Waals surface area contributed by atoms with Crippen molar-refractivity contribution in [3.05, 3.63) is 105 Å². The van der Waals surface area contributed by atoms with Gasteiger partial charge in [-0.25, -0.2) is 8.78 Å². The van der Waals surface area contributed by atoms with Crippen LogP contribution >= 0.6 is 23.2 Å². The van der Waals surface area contributed by atoms with Crippen molar-refractivity contribution in [3.63, 3.8) is 0 Å². The molecule has 0 saturated heterocycles. The number of rotatable bonds is 5. The maximum Gasteiger partial charge on any atom is 0.256 e. The zero-order valence-electron chi connectivity index (χ0n) is 14.8. The Labute approximate surface area is 175 Å². The van der Waals surface area contributed by atoms with Crippen LogP contribution in [0, 0.1) is 11.6 Å². The van der Waals surface area contributed by atoms with Crippen molar-refractivity contribution in [3.8, 4) is 0 Å². The van der Waals surface area contributed by atoms with Gasteiger partial charge in [0.2, 0.25) is 0 Å². The SMILES string of the molecule is O=C(NC(NC(=O)c1ccccc1F)c1ccc(Cl)c(Cl)c1)c1ccccc1F. The molecule has 0 aliphatic heterocycles. The van der Waals surface area contributed by atoms with Crippen LogP contribution in [0.3, 0.4) is 0 Å². The first kappa shape index (κ1) is 20.8. The Morgan fingerprint density at radius 3 is 1.66 bits per heavy atom. The molecule has 0 saturated carbocycles. The van der Waals surface area contributed by atoms with E-state index < -0.39 is 29.6 Å². The quantitative estimate of drug-likeness (QED) is 0.546. The normalized spacial score (nSPS) is 10.7. The smallest absolute Gasteiger partial charge is 0.256 e. The first-order valence-electron chi connectivity index (χ1n) is 8.42. The van der Waals surface area contributed by atoms with Crippen LogP contribution < -0.4 is 10.6 Å². The molecule has 29 heavy (non-hydrogen) atoms. The number of benzene rings is 3. The van der Waals surface area contributed by atoms with Crippen molar-refractivity contribution >= 4 is 35.0 Å². The first-order valence-corrected chi connectivity index (χ1v) is 9.18. The molecular weight excluding hydrogens is 421 g/mol. The molecule has 0 spiro atoms. The van der Waals surface area contributed by atoms with E-state index in [-0.39, 0.29) is 21.2 Å². The van der Waals surface area contributed by atoms with Gasteiger partial charge < -0.3 is 10.6 Å². The van der Waals surface area contributed by atoms with Gasteiger partial charge in [-0.05, 0) is 42.0 Å². The van der Waals surface area contributed by atoms with Gasteiger partial charge in [-0.3, -0.25) is 9.59 Å². The largest absolute Gasteiger partial charge is 0.328 e. The second-order valence-electron chi connectivity index (χ2n) is 6.01. The predicted molar refractivity (Wildman–Crippen MR) is 107 cm³/mol. The van der Waals surface area contributed by atoms with Crippen molar-refractivity contribution in [1.82, 2.24) is 10.6 Å². The number of carbonyl (C=O) groups is 2. The molecule has 0 unspecified atom stereocenters. The van der Waals surface area contributed by atoms with E-state index in [0.717, 1.165) is 12.1 Å². The summed E-state index contributed by atoms with van der Waals surface area (Å²) in [7, 11) is 0. The van der Waals surface area contributed by atoms with E-state index in [1.54, 1.807) is 0 Å². The molecule has 0 bridgehead atoms. The summed E-state index contributed by atoms with van der Waals surface area (Å²) in [5, 5.41) is 5.51. The van der Waals surface area contributed by atoms with E-state index in [2.05, 4.69) is 10.6 Å². The summed E-state index contributed by atoms with van der Waals surface area (Å²) in [6.07, 6.45) is -1.12. The van der Waals surface area contributed by atoms with Crippen molar-refractivity contribution in [1.29, 1.82) is 0 Å². The van der Waals surface area contributed by atoms with Crippen LogP contribution in [0.25, 0.3) is 0 Å². The molecule has 2 amide bonds. The lowest BCUT2D eigenvalue weighted by atomic mass is 10.1. The summed E-state index contributed by atoms with van der Waals surface area (Å²) in [6.45, 7) is 0. The Morgan fingerprint density at radius 1 is 0.724 bits per heavy atom. The van der Waals surface area contributed by atoms with E-state index in [9.17, 15) is 18.4 Å². The van der Waals surface area contributed by atoms with E-state index >= 15 is 0 Å². The third-order valence-corrected chi connectivity index (χ3v) is 4.80. The lowest BCUT2D eigenvalue weighted by molar-refractivity contribution is 0.0879. The van der Waals surface area contributed by atoms with Crippen LogP contribution in [-0.2, 0) is 0 Å². The number of nitrogens with one attached hydrogen (secondary N) is 2. The van der Waals surface area contributed by atoms with Crippen LogP contribution in [0.4, 0.5) is 8.78 Å². The molecule has 8 heteroatoms. The van der Waals surface area contributed by atoms with E-state index in [4.69, 9.17) is 23.2 Å². The molecule has 2 N–H and O–H groups in total.